The number of esters is 1. The van der Waals surface area contributed by atoms with E-state index in [4.69, 9.17) is 18.9 Å². The number of methoxy groups -OCH3 is 1. The minimum Gasteiger partial charge on any atom is -0.497 e. The third-order valence-corrected chi connectivity index (χ3v) is 3.99. The van der Waals surface area contributed by atoms with Crippen molar-refractivity contribution in [1.29, 1.82) is 0 Å². The molecule has 0 saturated heterocycles. The van der Waals surface area contributed by atoms with Crippen molar-refractivity contribution in [3.8, 4) is 17.2 Å². The van der Waals surface area contributed by atoms with Crippen LogP contribution in [0.25, 0.3) is 0 Å². The fraction of sp³-hybridized carbons (Fsp3) is 0.300. The van der Waals surface area contributed by atoms with Gasteiger partial charge in [0.25, 0.3) is 5.91 Å². The second kappa shape index (κ2) is 8.44. The van der Waals surface area contributed by atoms with E-state index in [1.165, 1.54) is 6.92 Å². The number of amides is 1. The number of rotatable bonds is 6. The summed E-state index contributed by atoms with van der Waals surface area (Å²) >= 11 is 0. The van der Waals surface area contributed by atoms with Crippen molar-refractivity contribution in [1.82, 2.24) is 0 Å². The van der Waals surface area contributed by atoms with Gasteiger partial charge in [0.1, 0.15) is 19.0 Å². The molecule has 1 atom stereocenters. The molecule has 0 bridgehead atoms. The van der Waals surface area contributed by atoms with Crippen LogP contribution in [0, 0.1) is 0 Å². The van der Waals surface area contributed by atoms with E-state index in [0.717, 1.165) is 5.56 Å². The van der Waals surface area contributed by atoms with Crippen molar-refractivity contribution >= 4 is 17.6 Å². The Morgan fingerprint density at radius 2 is 1.78 bits per heavy atom. The molecule has 1 aliphatic rings. The lowest BCUT2D eigenvalue weighted by molar-refractivity contribution is -0.152. The van der Waals surface area contributed by atoms with Crippen LogP contribution in [-0.4, -0.2) is 38.3 Å². The first-order valence-corrected chi connectivity index (χ1v) is 8.58. The zero-order chi connectivity index (χ0) is 19.2. The molecular formula is C20H21NO6. The molecule has 1 heterocycles. The predicted molar refractivity (Wildman–Crippen MR) is 98.3 cm³/mol. The highest BCUT2D eigenvalue weighted by atomic mass is 16.6. The number of benzene rings is 2. The van der Waals surface area contributed by atoms with Crippen LogP contribution in [0.4, 0.5) is 5.69 Å². The minimum atomic E-state index is -0.920. The largest absolute Gasteiger partial charge is 0.497 e. The van der Waals surface area contributed by atoms with Crippen LogP contribution in [-0.2, 0) is 20.7 Å². The van der Waals surface area contributed by atoms with Crippen LogP contribution in [0.5, 0.6) is 17.2 Å². The van der Waals surface area contributed by atoms with Crippen molar-refractivity contribution in [3.63, 3.8) is 0 Å². The molecule has 0 saturated carbocycles. The molecule has 0 fully saturated rings. The predicted octanol–water partition coefficient (Wildman–Crippen LogP) is 2.58. The number of carbonyl (C=O) groups is 2. The van der Waals surface area contributed by atoms with Crippen molar-refractivity contribution in [3.05, 3.63) is 48.0 Å². The molecule has 2 aromatic rings. The van der Waals surface area contributed by atoms with Crippen LogP contribution in [0.3, 0.4) is 0 Å². The molecule has 0 unspecified atom stereocenters. The van der Waals surface area contributed by atoms with Gasteiger partial charge in [0, 0.05) is 5.69 Å². The number of carbonyl (C=O) groups excluding carboxylic acids is 2. The summed E-state index contributed by atoms with van der Waals surface area (Å²) in [7, 11) is 1.57. The summed E-state index contributed by atoms with van der Waals surface area (Å²) < 4.78 is 21.2. The molecule has 0 aliphatic carbocycles. The maximum Gasteiger partial charge on any atom is 0.311 e. The smallest absolute Gasteiger partial charge is 0.311 e. The Balaban J connectivity index is 1.52. The summed E-state index contributed by atoms with van der Waals surface area (Å²) in [6, 6.07) is 12.2. The Morgan fingerprint density at radius 1 is 1.07 bits per heavy atom. The number of hydrogen-bond donors (Lipinski definition) is 1. The molecule has 2 aromatic carbocycles. The Hall–Kier alpha value is -3.22. The molecule has 1 amide bonds. The second-order valence-electron chi connectivity index (χ2n) is 6.00. The summed E-state index contributed by atoms with van der Waals surface area (Å²) in [5.74, 6) is 1.05. The third-order valence-electron chi connectivity index (χ3n) is 3.99. The molecule has 1 aliphatic heterocycles. The van der Waals surface area contributed by atoms with E-state index in [2.05, 4.69) is 5.32 Å². The molecule has 27 heavy (non-hydrogen) atoms. The van der Waals surface area contributed by atoms with Crippen LogP contribution in [0.1, 0.15) is 12.5 Å². The zero-order valence-electron chi connectivity index (χ0n) is 15.2. The summed E-state index contributed by atoms with van der Waals surface area (Å²) in [5.41, 5.74) is 1.32. The van der Waals surface area contributed by atoms with E-state index in [1.54, 1.807) is 49.6 Å². The lowest BCUT2D eigenvalue weighted by Crippen LogP contribution is -2.30. The maximum absolute atomic E-state index is 12.2. The summed E-state index contributed by atoms with van der Waals surface area (Å²) in [6.07, 6.45) is -0.881. The first-order valence-electron chi connectivity index (χ1n) is 8.58. The monoisotopic (exact) mass is 371 g/mol. The van der Waals surface area contributed by atoms with Gasteiger partial charge in [-0.2, -0.15) is 0 Å². The van der Waals surface area contributed by atoms with Gasteiger partial charge in [-0.3, -0.25) is 9.59 Å². The minimum absolute atomic E-state index is 0.0385. The molecular weight excluding hydrogens is 350 g/mol. The van der Waals surface area contributed by atoms with Gasteiger partial charge in [-0.15, -0.1) is 0 Å². The van der Waals surface area contributed by atoms with Gasteiger partial charge in [-0.25, -0.2) is 0 Å². The van der Waals surface area contributed by atoms with Gasteiger partial charge in [-0.05, 0) is 48.9 Å². The molecule has 0 aromatic heterocycles. The molecule has 142 valence electrons. The molecule has 7 nitrogen and oxygen atoms in total. The normalized spacial score (nSPS) is 13.4. The fourth-order valence-electron chi connectivity index (χ4n) is 2.57. The number of fused-ring (bicyclic) bond motifs is 1. The molecule has 3 rings (SSSR count). The van der Waals surface area contributed by atoms with Gasteiger partial charge in [-0.1, -0.05) is 6.07 Å². The summed E-state index contributed by atoms with van der Waals surface area (Å²) in [5, 5.41) is 2.69. The second-order valence-corrected chi connectivity index (χ2v) is 6.00. The van der Waals surface area contributed by atoms with E-state index in [1.807, 2.05) is 0 Å². The molecule has 0 spiro atoms. The average Bonchev–Trinajstić information content (AvgIpc) is 2.68. The summed E-state index contributed by atoms with van der Waals surface area (Å²) in [4.78, 5) is 24.3. The SMILES string of the molecule is COc1ccc(NC(=O)[C@H](C)OC(=O)Cc2ccc3c(c2)OCCO3)cc1. The fourth-order valence-corrected chi connectivity index (χ4v) is 2.57. The lowest BCUT2D eigenvalue weighted by Gasteiger charge is -2.19. The molecule has 7 heteroatoms. The quantitative estimate of drug-likeness (QED) is 0.786. The highest BCUT2D eigenvalue weighted by molar-refractivity contribution is 5.95. The van der Waals surface area contributed by atoms with E-state index in [9.17, 15) is 9.59 Å². The topological polar surface area (TPSA) is 83.1 Å². The average molecular weight is 371 g/mol. The van der Waals surface area contributed by atoms with Crippen molar-refractivity contribution in [2.24, 2.45) is 0 Å². The van der Waals surface area contributed by atoms with Crippen molar-refractivity contribution in [2.75, 3.05) is 25.6 Å². The van der Waals surface area contributed by atoms with Gasteiger partial charge in [0.05, 0.1) is 13.5 Å². The van der Waals surface area contributed by atoms with Gasteiger partial charge < -0.3 is 24.3 Å². The number of nitrogens with one attached hydrogen (secondary N) is 1. The third kappa shape index (κ3) is 4.91. The standard InChI is InChI=1S/C20H21NO6/c1-13(20(23)21-15-4-6-16(24-2)7-5-15)27-19(22)12-14-3-8-17-18(11-14)26-10-9-25-17/h3-8,11,13H,9-10,12H2,1-2H3,(H,21,23)/t13-/m0/s1. The van der Waals surface area contributed by atoms with Crippen molar-refractivity contribution in [2.45, 2.75) is 19.4 Å². The highest BCUT2D eigenvalue weighted by Gasteiger charge is 2.19. The van der Waals surface area contributed by atoms with Crippen LogP contribution >= 0.6 is 0 Å². The number of anilines is 1. The Kier molecular flexibility index (Phi) is 5.80. The van der Waals surface area contributed by atoms with Gasteiger partial charge >= 0.3 is 5.97 Å². The van der Waals surface area contributed by atoms with Gasteiger partial charge in [0.2, 0.25) is 0 Å². The van der Waals surface area contributed by atoms with Crippen molar-refractivity contribution < 1.29 is 28.5 Å². The van der Waals surface area contributed by atoms with Crippen LogP contribution in [0.2, 0.25) is 0 Å². The Bertz CT molecular complexity index is 818. The molecule has 1 N–H and O–H groups in total. The lowest BCUT2D eigenvalue weighted by atomic mass is 10.1. The van der Waals surface area contributed by atoms with E-state index in [0.29, 0.717) is 36.1 Å². The first kappa shape index (κ1) is 18.6. The Labute approximate surface area is 157 Å². The zero-order valence-corrected chi connectivity index (χ0v) is 15.2. The molecule has 0 radical (unpaired) electrons. The first-order chi connectivity index (χ1) is 13.0. The van der Waals surface area contributed by atoms with E-state index < -0.39 is 18.0 Å². The number of hydrogen-bond acceptors (Lipinski definition) is 6. The van der Waals surface area contributed by atoms with Crippen LogP contribution in [0.15, 0.2) is 42.5 Å². The van der Waals surface area contributed by atoms with E-state index in [-0.39, 0.29) is 6.42 Å². The maximum atomic E-state index is 12.2. The Morgan fingerprint density at radius 3 is 2.48 bits per heavy atom. The summed E-state index contributed by atoms with van der Waals surface area (Å²) in [6.45, 7) is 2.51. The van der Waals surface area contributed by atoms with Gasteiger partial charge in [0.15, 0.2) is 17.6 Å². The highest BCUT2D eigenvalue weighted by Crippen LogP contribution is 2.30. The number of ether oxygens (including phenoxy) is 4. The van der Waals surface area contributed by atoms with E-state index >= 15 is 0 Å². The van der Waals surface area contributed by atoms with Crippen LogP contribution < -0.4 is 19.5 Å².